The Morgan fingerprint density at radius 3 is 2.50 bits per heavy atom. The molecule has 0 bridgehead atoms. The predicted octanol–water partition coefficient (Wildman–Crippen LogP) is -0.135. The third-order valence-corrected chi connectivity index (χ3v) is 2.22. The first-order chi connectivity index (χ1) is 7.50. The lowest BCUT2D eigenvalue weighted by Crippen LogP contribution is -2.51. The summed E-state index contributed by atoms with van der Waals surface area (Å²) in [6.45, 7) is 0.788. The summed E-state index contributed by atoms with van der Waals surface area (Å²) in [5.74, 6) is -0.469. The van der Waals surface area contributed by atoms with Crippen molar-refractivity contribution in [2.24, 2.45) is 0 Å². The minimum Gasteiger partial charge on any atom is -0.508 e. The Bertz CT molecular complexity index is 374. The highest BCUT2D eigenvalue weighted by Crippen LogP contribution is 2.12. The summed E-state index contributed by atoms with van der Waals surface area (Å²) >= 11 is 0. The second kappa shape index (κ2) is 4.96. The highest BCUT2D eigenvalue weighted by Gasteiger charge is 2.25. The Hall–Kier alpha value is -1.59. The summed E-state index contributed by atoms with van der Waals surface area (Å²) in [6, 6.07) is 5.84. The SMILES string of the molecule is CC(CO)(CO)NC(=O)c1cccc(O)c1. The molecule has 0 aliphatic carbocycles. The van der Waals surface area contributed by atoms with Crippen molar-refractivity contribution >= 4 is 5.91 Å². The molecule has 1 aromatic rings. The number of hydrogen-bond acceptors (Lipinski definition) is 4. The van der Waals surface area contributed by atoms with Gasteiger partial charge in [0, 0.05) is 5.56 Å². The van der Waals surface area contributed by atoms with Crippen molar-refractivity contribution < 1.29 is 20.1 Å². The van der Waals surface area contributed by atoms with Crippen LogP contribution < -0.4 is 5.32 Å². The second-order valence-corrected chi connectivity index (χ2v) is 3.88. The van der Waals surface area contributed by atoms with Gasteiger partial charge in [0.25, 0.3) is 5.91 Å². The monoisotopic (exact) mass is 225 g/mol. The standard InChI is InChI=1S/C11H15NO4/c1-11(6-13,7-14)12-10(16)8-3-2-4-9(15)5-8/h2-5,13-15H,6-7H2,1H3,(H,12,16). The van der Waals surface area contributed by atoms with Crippen LogP contribution in [0.4, 0.5) is 0 Å². The molecule has 5 heteroatoms. The Morgan fingerprint density at radius 1 is 1.38 bits per heavy atom. The number of amides is 1. The molecule has 0 atom stereocenters. The number of phenols is 1. The molecule has 16 heavy (non-hydrogen) atoms. The quantitative estimate of drug-likeness (QED) is 0.574. The van der Waals surface area contributed by atoms with Crippen LogP contribution in [-0.2, 0) is 0 Å². The molecular weight excluding hydrogens is 210 g/mol. The fourth-order valence-electron chi connectivity index (χ4n) is 1.12. The van der Waals surface area contributed by atoms with E-state index in [1.165, 1.54) is 25.1 Å². The van der Waals surface area contributed by atoms with E-state index in [0.29, 0.717) is 0 Å². The number of hydrogen-bond donors (Lipinski definition) is 4. The maximum atomic E-state index is 11.7. The van der Waals surface area contributed by atoms with E-state index in [0.717, 1.165) is 0 Å². The van der Waals surface area contributed by atoms with Crippen LogP contribution in [-0.4, -0.2) is 40.0 Å². The number of phenolic OH excluding ortho intramolecular Hbond substituents is 1. The van der Waals surface area contributed by atoms with E-state index in [-0.39, 0.29) is 24.5 Å². The van der Waals surface area contributed by atoms with Crippen LogP contribution in [0.15, 0.2) is 24.3 Å². The Balaban J connectivity index is 2.80. The highest BCUT2D eigenvalue weighted by molar-refractivity contribution is 5.95. The number of carbonyl (C=O) groups is 1. The van der Waals surface area contributed by atoms with Crippen molar-refractivity contribution in [2.75, 3.05) is 13.2 Å². The van der Waals surface area contributed by atoms with Crippen LogP contribution >= 0.6 is 0 Å². The molecule has 0 aliphatic heterocycles. The summed E-state index contributed by atoms with van der Waals surface area (Å²) in [7, 11) is 0. The van der Waals surface area contributed by atoms with E-state index >= 15 is 0 Å². The maximum absolute atomic E-state index is 11.7. The lowest BCUT2D eigenvalue weighted by atomic mass is 10.0. The zero-order valence-electron chi connectivity index (χ0n) is 8.97. The molecule has 0 fully saturated rings. The molecule has 0 saturated heterocycles. The molecule has 0 unspecified atom stereocenters. The lowest BCUT2D eigenvalue weighted by molar-refractivity contribution is 0.0723. The normalized spacial score (nSPS) is 11.2. The van der Waals surface area contributed by atoms with Crippen molar-refractivity contribution in [3.05, 3.63) is 29.8 Å². The second-order valence-electron chi connectivity index (χ2n) is 3.88. The predicted molar refractivity (Wildman–Crippen MR) is 58.1 cm³/mol. The van der Waals surface area contributed by atoms with Gasteiger partial charge < -0.3 is 20.6 Å². The minimum absolute atomic E-state index is 0.0117. The molecule has 0 aliphatic rings. The molecule has 1 rings (SSSR count). The number of aromatic hydroxyl groups is 1. The van der Waals surface area contributed by atoms with Gasteiger partial charge in [0.2, 0.25) is 0 Å². The van der Waals surface area contributed by atoms with Gasteiger partial charge in [-0.05, 0) is 25.1 Å². The Labute approximate surface area is 93.4 Å². The molecule has 0 radical (unpaired) electrons. The molecule has 0 aromatic heterocycles. The third kappa shape index (κ3) is 2.95. The van der Waals surface area contributed by atoms with Crippen molar-refractivity contribution in [3.8, 4) is 5.75 Å². The van der Waals surface area contributed by atoms with Gasteiger partial charge in [-0.1, -0.05) is 6.07 Å². The largest absolute Gasteiger partial charge is 0.508 e. The maximum Gasteiger partial charge on any atom is 0.251 e. The van der Waals surface area contributed by atoms with Gasteiger partial charge in [-0.15, -0.1) is 0 Å². The van der Waals surface area contributed by atoms with Crippen LogP contribution in [0.5, 0.6) is 5.75 Å². The van der Waals surface area contributed by atoms with E-state index in [1.54, 1.807) is 6.07 Å². The number of benzene rings is 1. The fourth-order valence-corrected chi connectivity index (χ4v) is 1.12. The molecule has 1 amide bonds. The first-order valence-corrected chi connectivity index (χ1v) is 4.84. The Kier molecular flexibility index (Phi) is 3.87. The van der Waals surface area contributed by atoms with Gasteiger partial charge in [0.15, 0.2) is 0 Å². The van der Waals surface area contributed by atoms with Crippen molar-refractivity contribution in [2.45, 2.75) is 12.5 Å². The van der Waals surface area contributed by atoms with Crippen molar-refractivity contribution in [1.29, 1.82) is 0 Å². The van der Waals surface area contributed by atoms with Gasteiger partial charge in [-0.2, -0.15) is 0 Å². The van der Waals surface area contributed by atoms with Crippen LogP contribution in [0.2, 0.25) is 0 Å². The number of rotatable bonds is 4. The average Bonchev–Trinajstić information content (AvgIpc) is 2.29. The fraction of sp³-hybridized carbons (Fsp3) is 0.364. The molecule has 4 N–H and O–H groups in total. The van der Waals surface area contributed by atoms with Gasteiger partial charge in [-0.25, -0.2) is 0 Å². The van der Waals surface area contributed by atoms with E-state index in [1.807, 2.05) is 0 Å². The summed E-state index contributed by atoms with van der Waals surface area (Å²) in [6.07, 6.45) is 0. The molecule has 0 spiro atoms. The molecule has 5 nitrogen and oxygen atoms in total. The molecule has 0 saturated carbocycles. The zero-order valence-corrected chi connectivity index (χ0v) is 8.97. The van der Waals surface area contributed by atoms with Crippen LogP contribution in [0.3, 0.4) is 0 Å². The van der Waals surface area contributed by atoms with Gasteiger partial charge in [0.1, 0.15) is 5.75 Å². The average molecular weight is 225 g/mol. The minimum atomic E-state index is -1.07. The van der Waals surface area contributed by atoms with Gasteiger partial charge in [-0.3, -0.25) is 4.79 Å². The molecule has 1 aromatic carbocycles. The summed E-state index contributed by atoms with van der Waals surface area (Å²) in [5, 5.41) is 29.7. The summed E-state index contributed by atoms with van der Waals surface area (Å²) in [4.78, 5) is 11.7. The van der Waals surface area contributed by atoms with Crippen LogP contribution in [0.1, 0.15) is 17.3 Å². The number of nitrogens with one attached hydrogen (secondary N) is 1. The number of carbonyl (C=O) groups excluding carboxylic acids is 1. The van der Waals surface area contributed by atoms with E-state index < -0.39 is 11.4 Å². The first-order valence-electron chi connectivity index (χ1n) is 4.84. The first kappa shape index (κ1) is 12.5. The zero-order chi connectivity index (χ0) is 12.2. The number of aliphatic hydroxyl groups excluding tert-OH is 2. The molecular formula is C11H15NO4. The van der Waals surface area contributed by atoms with Crippen molar-refractivity contribution in [3.63, 3.8) is 0 Å². The lowest BCUT2D eigenvalue weighted by Gasteiger charge is -2.26. The Morgan fingerprint density at radius 2 is 2.00 bits per heavy atom. The molecule has 88 valence electrons. The topological polar surface area (TPSA) is 89.8 Å². The number of aliphatic hydroxyl groups is 2. The summed E-state index contributed by atoms with van der Waals surface area (Å²) < 4.78 is 0. The van der Waals surface area contributed by atoms with Gasteiger partial charge in [0.05, 0.1) is 18.8 Å². The molecule has 0 heterocycles. The van der Waals surface area contributed by atoms with E-state index in [4.69, 9.17) is 10.2 Å². The smallest absolute Gasteiger partial charge is 0.251 e. The summed E-state index contributed by atoms with van der Waals surface area (Å²) in [5.41, 5.74) is -0.796. The van der Waals surface area contributed by atoms with Crippen LogP contribution in [0, 0.1) is 0 Å². The van der Waals surface area contributed by atoms with E-state index in [9.17, 15) is 9.90 Å². The van der Waals surface area contributed by atoms with Crippen molar-refractivity contribution in [1.82, 2.24) is 5.32 Å². The van der Waals surface area contributed by atoms with Gasteiger partial charge >= 0.3 is 0 Å². The van der Waals surface area contributed by atoms with Crippen LogP contribution in [0.25, 0.3) is 0 Å². The third-order valence-electron chi connectivity index (χ3n) is 2.22. The highest BCUT2D eigenvalue weighted by atomic mass is 16.3. The van der Waals surface area contributed by atoms with E-state index in [2.05, 4.69) is 5.32 Å².